The van der Waals surface area contributed by atoms with E-state index in [1.165, 1.54) is 0 Å². The number of rotatable bonds is 0. The molecule has 1 aromatic carbocycles. The number of nitrogens with zero attached hydrogens (tertiary/aromatic N) is 1. The number of fused-ring (bicyclic) bond motifs is 1. The van der Waals surface area contributed by atoms with Gasteiger partial charge < -0.3 is 4.90 Å². The summed E-state index contributed by atoms with van der Waals surface area (Å²) in [5, 5.41) is 1.25. The molecule has 3 heteroatoms. The third kappa shape index (κ3) is 1.30. The maximum atomic E-state index is 6.25. The predicted molar refractivity (Wildman–Crippen MR) is 67.0 cm³/mol. The van der Waals surface area contributed by atoms with Crippen molar-refractivity contribution in [1.29, 1.82) is 0 Å². The molecule has 1 aromatic rings. The van der Waals surface area contributed by atoms with E-state index in [0.717, 1.165) is 16.9 Å². The minimum atomic E-state index is -0.147. The summed E-state index contributed by atoms with van der Waals surface area (Å²) in [5.41, 5.74) is 3.07. The van der Waals surface area contributed by atoms with Crippen LogP contribution in [0.5, 0.6) is 0 Å². The summed E-state index contributed by atoms with van der Waals surface area (Å²) in [6.07, 6.45) is 0. The minimum Gasteiger partial charge on any atom is -0.348 e. The molecular formula is C12H13Cl2N. The third-order valence-electron chi connectivity index (χ3n) is 3.19. The van der Waals surface area contributed by atoms with Gasteiger partial charge in [-0.15, -0.1) is 0 Å². The van der Waals surface area contributed by atoms with Gasteiger partial charge in [-0.1, -0.05) is 43.6 Å². The minimum absolute atomic E-state index is 0.147. The number of hydrogen-bond acceptors (Lipinski definition) is 1. The molecule has 0 spiro atoms. The van der Waals surface area contributed by atoms with E-state index in [2.05, 4.69) is 25.3 Å². The second-order valence-electron chi connectivity index (χ2n) is 4.39. The van der Waals surface area contributed by atoms with Gasteiger partial charge in [-0.25, -0.2) is 0 Å². The van der Waals surface area contributed by atoms with Gasteiger partial charge in [-0.3, -0.25) is 0 Å². The highest BCUT2D eigenvalue weighted by Gasteiger charge is 2.39. The van der Waals surface area contributed by atoms with Gasteiger partial charge in [0.25, 0.3) is 0 Å². The van der Waals surface area contributed by atoms with Gasteiger partial charge in [0.05, 0.1) is 10.0 Å². The van der Waals surface area contributed by atoms with E-state index < -0.39 is 0 Å². The number of hydrogen-bond donors (Lipinski definition) is 0. The van der Waals surface area contributed by atoms with Crippen LogP contribution >= 0.6 is 23.2 Å². The van der Waals surface area contributed by atoms with Crippen LogP contribution in [0.4, 0.5) is 5.69 Å². The van der Waals surface area contributed by atoms with Gasteiger partial charge in [0.1, 0.15) is 0 Å². The molecule has 0 radical (unpaired) electrons. The van der Waals surface area contributed by atoms with Crippen LogP contribution in [0, 0.1) is 0 Å². The Labute approximate surface area is 100 Å². The Bertz CT molecular complexity index is 449. The number of allylic oxidation sites excluding steroid dienone is 1. The summed E-state index contributed by atoms with van der Waals surface area (Å²) in [7, 11) is 2.00. The molecule has 0 unspecified atom stereocenters. The maximum absolute atomic E-state index is 6.25. The summed E-state index contributed by atoms with van der Waals surface area (Å²) >= 11 is 12.3. The van der Waals surface area contributed by atoms with Crippen molar-refractivity contribution in [2.24, 2.45) is 0 Å². The van der Waals surface area contributed by atoms with Crippen LogP contribution in [0.2, 0.25) is 10.0 Å². The van der Waals surface area contributed by atoms with Gasteiger partial charge in [-0.05, 0) is 12.1 Å². The Morgan fingerprint density at radius 1 is 1.27 bits per heavy atom. The van der Waals surface area contributed by atoms with Crippen molar-refractivity contribution in [1.82, 2.24) is 0 Å². The molecule has 0 aromatic heterocycles. The fourth-order valence-corrected chi connectivity index (χ4v) is 2.68. The van der Waals surface area contributed by atoms with Crippen molar-refractivity contribution in [2.45, 2.75) is 19.3 Å². The van der Waals surface area contributed by atoms with Gasteiger partial charge in [0.15, 0.2) is 0 Å². The third-order valence-corrected chi connectivity index (χ3v) is 3.99. The van der Waals surface area contributed by atoms with Crippen LogP contribution in [0.15, 0.2) is 24.4 Å². The molecule has 0 fully saturated rings. The average Bonchev–Trinajstić information content (AvgIpc) is 2.34. The molecule has 1 nitrogen and oxygen atoms in total. The first-order valence-electron chi connectivity index (χ1n) is 4.79. The highest BCUT2D eigenvalue weighted by atomic mass is 35.5. The first kappa shape index (κ1) is 10.8. The number of benzene rings is 1. The summed E-state index contributed by atoms with van der Waals surface area (Å²) in [4.78, 5) is 2.07. The predicted octanol–water partition coefficient (Wildman–Crippen LogP) is 4.23. The van der Waals surface area contributed by atoms with E-state index >= 15 is 0 Å². The van der Waals surface area contributed by atoms with Crippen molar-refractivity contribution >= 4 is 28.9 Å². The van der Waals surface area contributed by atoms with Crippen molar-refractivity contribution in [3.05, 3.63) is 40.0 Å². The monoisotopic (exact) mass is 241 g/mol. The second kappa shape index (κ2) is 3.16. The lowest BCUT2D eigenvalue weighted by Crippen LogP contribution is -2.21. The summed E-state index contributed by atoms with van der Waals surface area (Å²) < 4.78 is 0. The lowest BCUT2D eigenvalue weighted by Gasteiger charge is -2.22. The highest BCUT2D eigenvalue weighted by Crippen LogP contribution is 2.50. The SMILES string of the molecule is C=C1N(C)c2ccc(Cl)c(Cl)c2C1(C)C. The second-order valence-corrected chi connectivity index (χ2v) is 5.17. The molecule has 0 amide bonds. The zero-order chi connectivity index (χ0) is 11.4. The quantitative estimate of drug-likeness (QED) is 0.657. The molecular weight excluding hydrogens is 229 g/mol. The zero-order valence-electron chi connectivity index (χ0n) is 9.06. The normalized spacial score (nSPS) is 18.2. The Morgan fingerprint density at radius 3 is 2.47 bits per heavy atom. The Morgan fingerprint density at radius 2 is 1.87 bits per heavy atom. The fourth-order valence-electron chi connectivity index (χ4n) is 2.12. The first-order valence-corrected chi connectivity index (χ1v) is 5.54. The number of likely N-dealkylation sites (N-methyl/N-ethyl adjacent to an activating group) is 1. The molecule has 0 atom stereocenters. The lowest BCUT2D eigenvalue weighted by molar-refractivity contribution is 0.643. The zero-order valence-corrected chi connectivity index (χ0v) is 10.6. The molecule has 0 bridgehead atoms. The molecule has 15 heavy (non-hydrogen) atoms. The standard InChI is InChI=1S/C12H13Cl2N/c1-7-12(2,3)10-9(15(7)4)6-5-8(13)11(10)14/h5-6H,1H2,2-4H3. The molecule has 80 valence electrons. The van der Waals surface area contributed by atoms with Gasteiger partial charge in [0, 0.05) is 29.4 Å². The largest absolute Gasteiger partial charge is 0.348 e. The average molecular weight is 242 g/mol. The number of halogens is 2. The molecule has 0 aliphatic carbocycles. The van der Waals surface area contributed by atoms with Crippen molar-refractivity contribution in [3.63, 3.8) is 0 Å². The topological polar surface area (TPSA) is 3.24 Å². The van der Waals surface area contributed by atoms with E-state index in [4.69, 9.17) is 23.2 Å². The van der Waals surface area contributed by atoms with Gasteiger partial charge >= 0.3 is 0 Å². The van der Waals surface area contributed by atoms with Gasteiger partial charge in [-0.2, -0.15) is 0 Å². The molecule has 0 saturated heterocycles. The molecule has 0 N–H and O–H groups in total. The van der Waals surface area contributed by atoms with E-state index in [9.17, 15) is 0 Å². The number of anilines is 1. The lowest BCUT2D eigenvalue weighted by atomic mass is 9.84. The molecule has 0 saturated carbocycles. The Hall–Kier alpha value is -0.660. The van der Waals surface area contributed by atoms with Gasteiger partial charge in [0.2, 0.25) is 0 Å². The summed E-state index contributed by atoms with van der Waals surface area (Å²) in [5.74, 6) is 0. The summed E-state index contributed by atoms with van der Waals surface area (Å²) in [6.45, 7) is 8.32. The van der Waals surface area contributed by atoms with E-state index in [0.29, 0.717) is 10.0 Å². The highest BCUT2D eigenvalue weighted by molar-refractivity contribution is 6.43. The smallest absolute Gasteiger partial charge is 0.0654 e. The van der Waals surface area contributed by atoms with Crippen molar-refractivity contribution in [2.75, 3.05) is 11.9 Å². The van der Waals surface area contributed by atoms with Crippen LogP contribution in [0.1, 0.15) is 19.4 Å². The molecule has 1 aliphatic heterocycles. The van der Waals surface area contributed by atoms with Crippen LogP contribution in [-0.2, 0) is 5.41 Å². The van der Waals surface area contributed by atoms with Crippen LogP contribution in [0.3, 0.4) is 0 Å². The van der Waals surface area contributed by atoms with Crippen molar-refractivity contribution in [3.8, 4) is 0 Å². The van der Waals surface area contributed by atoms with Crippen LogP contribution in [-0.4, -0.2) is 7.05 Å². The maximum Gasteiger partial charge on any atom is 0.0654 e. The van der Waals surface area contributed by atoms with E-state index in [1.54, 1.807) is 0 Å². The first-order chi connectivity index (χ1) is 6.87. The Balaban J connectivity index is 2.79. The molecule has 1 aliphatic rings. The fraction of sp³-hybridized carbons (Fsp3) is 0.333. The molecule has 1 heterocycles. The Kier molecular flexibility index (Phi) is 2.29. The molecule has 2 rings (SSSR count). The van der Waals surface area contributed by atoms with Crippen LogP contribution in [0.25, 0.3) is 0 Å². The van der Waals surface area contributed by atoms with Crippen LogP contribution < -0.4 is 4.90 Å². The van der Waals surface area contributed by atoms with Crippen molar-refractivity contribution < 1.29 is 0 Å². The van der Waals surface area contributed by atoms with E-state index in [-0.39, 0.29) is 5.41 Å². The van der Waals surface area contributed by atoms with E-state index in [1.807, 2.05) is 19.2 Å². The summed E-state index contributed by atoms with van der Waals surface area (Å²) in [6, 6.07) is 3.82.